The van der Waals surface area contributed by atoms with E-state index in [9.17, 15) is 4.79 Å². The lowest BCUT2D eigenvalue weighted by molar-refractivity contribution is -0.129. The first-order valence-corrected chi connectivity index (χ1v) is 7.62. The summed E-state index contributed by atoms with van der Waals surface area (Å²) >= 11 is 0. The maximum atomic E-state index is 12.0. The highest BCUT2D eigenvalue weighted by molar-refractivity contribution is 5.89. The molecular formula is C19H18O5. The molecule has 0 N–H and O–H groups in total. The van der Waals surface area contributed by atoms with Crippen LogP contribution in [-0.4, -0.2) is 26.3 Å². The van der Waals surface area contributed by atoms with Gasteiger partial charge < -0.3 is 18.9 Å². The summed E-state index contributed by atoms with van der Waals surface area (Å²) < 4.78 is 21.5. The van der Waals surface area contributed by atoms with Crippen LogP contribution in [0.25, 0.3) is 6.08 Å². The van der Waals surface area contributed by atoms with E-state index in [0.717, 1.165) is 11.1 Å². The van der Waals surface area contributed by atoms with Crippen molar-refractivity contribution in [3.8, 4) is 11.5 Å². The number of rotatable bonds is 5. The number of hydrogen-bond acceptors (Lipinski definition) is 5. The van der Waals surface area contributed by atoms with E-state index in [1.807, 2.05) is 30.3 Å². The molecule has 0 saturated carbocycles. The molecule has 1 fully saturated rings. The second kappa shape index (κ2) is 7.77. The number of carbonyl (C=O) groups excluding carboxylic acids is 1. The second-order valence-electron chi connectivity index (χ2n) is 5.15. The molecule has 0 amide bonds. The average molecular weight is 326 g/mol. The second-order valence-corrected chi connectivity index (χ2v) is 5.15. The summed E-state index contributed by atoms with van der Waals surface area (Å²) in [5.41, 5.74) is 1.75. The number of ether oxygens (including phenoxy) is 4. The monoisotopic (exact) mass is 326 g/mol. The van der Waals surface area contributed by atoms with Crippen molar-refractivity contribution in [1.29, 1.82) is 0 Å². The molecule has 1 heterocycles. The number of methoxy groups -OCH3 is 1. The van der Waals surface area contributed by atoms with Gasteiger partial charge in [-0.05, 0) is 29.8 Å². The summed E-state index contributed by atoms with van der Waals surface area (Å²) in [6.07, 6.45) is 2.68. The number of esters is 1. The van der Waals surface area contributed by atoms with Crippen LogP contribution in [0.3, 0.4) is 0 Å². The van der Waals surface area contributed by atoms with Gasteiger partial charge in [-0.1, -0.05) is 30.3 Å². The minimum absolute atomic E-state index is 0.349. The lowest BCUT2D eigenvalue weighted by Crippen LogP contribution is -2.06. The van der Waals surface area contributed by atoms with E-state index in [1.54, 1.807) is 24.3 Å². The van der Waals surface area contributed by atoms with Crippen LogP contribution < -0.4 is 9.47 Å². The molecule has 0 aromatic heterocycles. The van der Waals surface area contributed by atoms with E-state index in [2.05, 4.69) is 0 Å². The fourth-order valence-electron chi connectivity index (χ4n) is 2.34. The predicted molar refractivity (Wildman–Crippen MR) is 88.8 cm³/mol. The van der Waals surface area contributed by atoms with E-state index >= 15 is 0 Å². The third kappa shape index (κ3) is 4.01. The van der Waals surface area contributed by atoms with Crippen molar-refractivity contribution in [1.82, 2.24) is 0 Å². The molecule has 0 atom stereocenters. The normalized spacial score (nSPS) is 14.9. The molecule has 1 saturated heterocycles. The summed E-state index contributed by atoms with van der Waals surface area (Å²) in [6, 6.07) is 14.7. The number of carbonyl (C=O) groups is 1. The van der Waals surface area contributed by atoms with Crippen molar-refractivity contribution in [3.05, 3.63) is 65.7 Å². The smallest absolute Gasteiger partial charge is 0.336 e. The van der Waals surface area contributed by atoms with Crippen molar-refractivity contribution >= 4 is 12.0 Å². The molecule has 5 heteroatoms. The molecular weight excluding hydrogens is 308 g/mol. The van der Waals surface area contributed by atoms with Crippen LogP contribution in [0.5, 0.6) is 11.5 Å². The molecule has 124 valence electrons. The van der Waals surface area contributed by atoms with Gasteiger partial charge in [0, 0.05) is 11.6 Å². The van der Waals surface area contributed by atoms with Gasteiger partial charge in [0.25, 0.3) is 0 Å². The Kier molecular flexibility index (Phi) is 5.25. The number of hydrogen-bond donors (Lipinski definition) is 0. The predicted octanol–water partition coefficient (Wildman–Crippen LogP) is 3.36. The SMILES string of the molecule is COc1cc(C2OCCO2)ccc1OC(=O)/C=C/c1ccccc1. The molecule has 3 rings (SSSR count). The Hall–Kier alpha value is -2.63. The van der Waals surface area contributed by atoms with E-state index in [-0.39, 0.29) is 0 Å². The minimum atomic E-state index is -0.474. The maximum absolute atomic E-state index is 12.0. The van der Waals surface area contributed by atoms with Gasteiger partial charge in [-0.2, -0.15) is 0 Å². The first-order chi connectivity index (χ1) is 11.8. The topological polar surface area (TPSA) is 54.0 Å². The maximum Gasteiger partial charge on any atom is 0.336 e. The standard InChI is InChI=1S/C19H18O5/c1-21-17-13-15(19-22-11-12-23-19)8-9-16(17)24-18(20)10-7-14-5-3-2-4-6-14/h2-10,13,19H,11-12H2,1H3/b10-7+. The van der Waals surface area contributed by atoms with Crippen LogP contribution in [0.2, 0.25) is 0 Å². The summed E-state index contributed by atoms with van der Waals surface area (Å²) in [6.45, 7) is 1.13. The summed E-state index contributed by atoms with van der Waals surface area (Å²) in [5, 5.41) is 0. The Labute approximate surface area is 140 Å². The zero-order valence-corrected chi connectivity index (χ0v) is 13.3. The zero-order chi connectivity index (χ0) is 16.8. The van der Waals surface area contributed by atoms with E-state index in [1.165, 1.54) is 13.2 Å². The Morgan fingerprint density at radius 3 is 2.54 bits per heavy atom. The summed E-state index contributed by atoms with van der Waals surface area (Å²) in [5.74, 6) is 0.327. The lowest BCUT2D eigenvalue weighted by Gasteiger charge is -2.13. The largest absolute Gasteiger partial charge is 0.493 e. The van der Waals surface area contributed by atoms with Crippen LogP contribution in [0.1, 0.15) is 17.4 Å². The van der Waals surface area contributed by atoms with Crippen LogP contribution in [0.15, 0.2) is 54.6 Å². The van der Waals surface area contributed by atoms with Crippen molar-refractivity contribution in [2.24, 2.45) is 0 Å². The van der Waals surface area contributed by atoms with Gasteiger partial charge >= 0.3 is 5.97 Å². The Balaban J connectivity index is 1.69. The van der Waals surface area contributed by atoms with Crippen LogP contribution in [0.4, 0.5) is 0 Å². The third-order valence-electron chi connectivity index (χ3n) is 3.50. The number of benzene rings is 2. The van der Waals surface area contributed by atoms with Crippen molar-refractivity contribution in [2.45, 2.75) is 6.29 Å². The highest BCUT2D eigenvalue weighted by Crippen LogP contribution is 2.33. The highest BCUT2D eigenvalue weighted by atomic mass is 16.7. The lowest BCUT2D eigenvalue weighted by atomic mass is 10.2. The fourth-order valence-corrected chi connectivity index (χ4v) is 2.34. The molecule has 2 aromatic rings. The highest BCUT2D eigenvalue weighted by Gasteiger charge is 2.20. The van der Waals surface area contributed by atoms with Crippen LogP contribution in [-0.2, 0) is 14.3 Å². The van der Waals surface area contributed by atoms with Crippen LogP contribution >= 0.6 is 0 Å². The molecule has 0 bridgehead atoms. The van der Waals surface area contributed by atoms with Crippen molar-refractivity contribution < 1.29 is 23.7 Å². The Morgan fingerprint density at radius 1 is 1.08 bits per heavy atom. The molecule has 0 radical (unpaired) electrons. The molecule has 5 nitrogen and oxygen atoms in total. The molecule has 1 aliphatic heterocycles. The fraction of sp³-hybridized carbons (Fsp3) is 0.211. The van der Waals surface area contributed by atoms with Gasteiger partial charge in [0.05, 0.1) is 20.3 Å². The summed E-state index contributed by atoms with van der Waals surface area (Å²) in [7, 11) is 1.52. The van der Waals surface area contributed by atoms with E-state index in [4.69, 9.17) is 18.9 Å². The molecule has 0 aliphatic carbocycles. The van der Waals surface area contributed by atoms with Gasteiger partial charge in [0.2, 0.25) is 0 Å². The van der Waals surface area contributed by atoms with Gasteiger partial charge in [-0.25, -0.2) is 4.79 Å². The first kappa shape index (κ1) is 16.2. The van der Waals surface area contributed by atoms with Gasteiger partial charge in [-0.15, -0.1) is 0 Å². The molecule has 0 spiro atoms. The Bertz CT molecular complexity index is 718. The minimum Gasteiger partial charge on any atom is -0.493 e. The van der Waals surface area contributed by atoms with E-state index < -0.39 is 12.3 Å². The van der Waals surface area contributed by atoms with Gasteiger partial charge in [0.1, 0.15) is 0 Å². The molecule has 1 aliphatic rings. The first-order valence-electron chi connectivity index (χ1n) is 7.62. The third-order valence-corrected chi connectivity index (χ3v) is 3.50. The molecule has 2 aromatic carbocycles. The average Bonchev–Trinajstić information content (AvgIpc) is 3.16. The van der Waals surface area contributed by atoms with E-state index in [0.29, 0.717) is 24.7 Å². The quantitative estimate of drug-likeness (QED) is 0.479. The molecule has 0 unspecified atom stereocenters. The molecule has 24 heavy (non-hydrogen) atoms. The van der Waals surface area contributed by atoms with Gasteiger partial charge in [-0.3, -0.25) is 0 Å². The van der Waals surface area contributed by atoms with Crippen molar-refractivity contribution in [2.75, 3.05) is 20.3 Å². The Morgan fingerprint density at radius 2 is 1.83 bits per heavy atom. The van der Waals surface area contributed by atoms with Gasteiger partial charge in [0.15, 0.2) is 17.8 Å². The van der Waals surface area contributed by atoms with Crippen LogP contribution in [0, 0.1) is 0 Å². The summed E-state index contributed by atoms with van der Waals surface area (Å²) in [4.78, 5) is 12.0. The van der Waals surface area contributed by atoms with Crippen molar-refractivity contribution in [3.63, 3.8) is 0 Å². The zero-order valence-electron chi connectivity index (χ0n) is 13.3.